The normalized spacial score (nSPS) is 37.3. The Bertz CT molecular complexity index is 1330. The molecule has 0 saturated carbocycles. The second kappa shape index (κ2) is 19.9. The maximum Gasteiger partial charge on any atom is 0.309 e. The highest BCUT2D eigenvalue weighted by molar-refractivity contribution is 5.88. The van der Waals surface area contributed by atoms with Crippen LogP contribution in [0.2, 0.25) is 0 Å². The van der Waals surface area contributed by atoms with E-state index < -0.39 is 72.7 Å². The van der Waals surface area contributed by atoms with Crippen LogP contribution in [0.4, 0.5) is 0 Å². The van der Waals surface area contributed by atoms with Crippen molar-refractivity contribution in [2.24, 2.45) is 17.8 Å². The molecule has 0 radical (unpaired) electrons. The van der Waals surface area contributed by atoms with Crippen LogP contribution in [-0.4, -0.2) is 92.9 Å². The second-order valence-electron chi connectivity index (χ2n) is 15.2. The number of allylic oxidation sites excluding steroid dienone is 2. The van der Waals surface area contributed by atoms with Gasteiger partial charge in [0.25, 0.3) is 0 Å². The van der Waals surface area contributed by atoms with Gasteiger partial charge in [-0.15, -0.1) is 0 Å². The molecule has 4 bridgehead atoms. The molecule has 51 heavy (non-hydrogen) atoms. The van der Waals surface area contributed by atoms with Gasteiger partial charge in [0.15, 0.2) is 0 Å². The first-order valence-corrected chi connectivity index (χ1v) is 18.7. The molecule has 10 nitrogen and oxygen atoms in total. The van der Waals surface area contributed by atoms with Gasteiger partial charge in [-0.1, -0.05) is 71.1 Å². The van der Waals surface area contributed by atoms with Crippen LogP contribution >= 0.6 is 0 Å². The number of hydrogen-bond donors (Lipinski definition) is 4. The molecule has 3 heterocycles. The Kier molecular flexibility index (Phi) is 16.7. The topological polar surface area (TPSA) is 160 Å². The van der Waals surface area contributed by atoms with Gasteiger partial charge in [0.1, 0.15) is 29.9 Å². The Morgan fingerprint density at radius 2 is 1.71 bits per heavy atom. The number of Topliss-reactive ketones (excluding diaryl/α,β-unsaturated/α-hetero) is 2. The first kappa shape index (κ1) is 42.7. The standard InChI is InChI=1S/C41H62O10/c1-9-10-12-23(2)39(46)24(3)13-11-14-34-35-16-15-31(49-35)20-30(42)18-26(5)32(43)21-33(44)29(8)25(4)17-28(7)40(47)41(48)37-19-27(6)36(50-37)22-38(45)51-34/h11,13-14,17,26-27,29,31,33-37,39-41,44,46-48H,2,7,9-10,12,15-16,18-22H2,1,3-6,8H3/b14-11+,24-13+,25-17+/t26-,27+,29+,31+,33-,34-,35-,36+,37+,39-,40+,41-/m0/s1. The molecule has 10 heteroatoms. The fraction of sp³-hybridized carbons (Fsp3) is 0.683. The molecule has 0 aromatic heterocycles. The molecule has 286 valence electrons. The summed E-state index contributed by atoms with van der Waals surface area (Å²) >= 11 is 0. The van der Waals surface area contributed by atoms with Crippen LogP contribution in [0.5, 0.6) is 0 Å². The van der Waals surface area contributed by atoms with Gasteiger partial charge in [0.2, 0.25) is 0 Å². The first-order chi connectivity index (χ1) is 24.0. The molecule has 2 saturated heterocycles. The lowest BCUT2D eigenvalue weighted by atomic mass is 9.87. The molecule has 0 aromatic carbocycles. The Labute approximate surface area is 304 Å². The molecule has 0 amide bonds. The summed E-state index contributed by atoms with van der Waals surface area (Å²) in [7, 11) is 0. The van der Waals surface area contributed by atoms with E-state index in [1.165, 1.54) is 0 Å². The van der Waals surface area contributed by atoms with Crippen molar-refractivity contribution in [2.45, 2.75) is 161 Å². The van der Waals surface area contributed by atoms with Crippen LogP contribution in [-0.2, 0) is 28.6 Å². The van der Waals surface area contributed by atoms with Crippen molar-refractivity contribution in [3.63, 3.8) is 0 Å². The third-order valence-corrected chi connectivity index (χ3v) is 10.8. The number of ketones is 2. The zero-order chi connectivity index (χ0) is 38.0. The summed E-state index contributed by atoms with van der Waals surface area (Å²) < 4.78 is 18.3. The quantitative estimate of drug-likeness (QED) is 0.152. The van der Waals surface area contributed by atoms with Crippen LogP contribution in [0.1, 0.15) is 106 Å². The Morgan fingerprint density at radius 1 is 1.00 bits per heavy atom. The van der Waals surface area contributed by atoms with E-state index in [9.17, 15) is 34.8 Å². The van der Waals surface area contributed by atoms with Gasteiger partial charge in [-0.25, -0.2) is 0 Å². The molecule has 4 N–H and O–H groups in total. The van der Waals surface area contributed by atoms with Gasteiger partial charge in [0.05, 0.1) is 43.0 Å². The van der Waals surface area contributed by atoms with E-state index in [1.54, 1.807) is 45.1 Å². The average molecular weight is 715 g/mol. The number of ether oxygens (including phenoxy) is 3. The SMILES string of the molecule is C=C1/C=C(\C)[C@@H](C)[C@@H](O)CC(=O)[C@@H](C)CC(=O)C[C@H]2CC[C@H](O2)[C@H](/C=C/C=C(\C)[C@@H](O)C(=C)CCCC)OC(=O)C[C@H]2O[C@H](C[C@H]2C)[C@H](O)[C@@H]1O. The fourth-order valence-electron chi connectivity index (χ4n) is 7.01. The van der Waals surface area contributed by atoms with E-state index in [1.807, 2.05) is 13.8 Å². The summed E-state index contributed by atoms with van der Waals surface area (Å²) in [5, 5.41) is 43.6. The highest BCUT2D eigenvalue weighted by atomic mass is 16.6. The number of rotatable bonds is 7. The van der Waals surface area contributed by atoms with Crippen LogP contribution in [0.3, 0.4) is 0 Å². The zero-order valence-electron chi connectivity index (χ0n) is 31.5. The smallest absolute Gasteiger partial charge is 0.309 e. The largest absolute Gasteiger partial charge is 0.455 e. The number of cyclic esters (lactones) is 1. The summed E-state index contributed by atoms with van der Waals surface area (Å²) in [6.45, 7) is 19.0. The maximum atomic E-state index is 13.4. The number of carbonyl (C=O) groups excluding carboxylic acids is 3. The lowest BCUT2D eigenvalue weighted by Gasteiger charge is -2.26. The lowest BCUT2D eigenvalue weighted by molar-refractivity contribution is -0.158. The van der Waals surface area contributed by atoms with Crippen LogP contribution in [0, 0.1) is 17.8 Å². The summed E-state index contributed by atoms with van der Waals surface area (Å²) in [6.07, 6.45) is 3.42. The molecule has 0 unspecified atom stereocenters. The summed E-state index contributed by atoms with van der Waals surface area (Å²) in [4.78, 5) is 39.5. The van der Waals surface area contributed by atoms with Crippen LogP contribution in [0.15, 0.2) is 59.8 Å². The summed E-state index contributed by atoms with van der Waals surface area (Å²) in [5.74, 6) is -2.02. The molecule has 0 aromatic rings. The predicted molar refractivity (Wildman–Crippen MR) is 196 cm³/mol. The highest BCUT2D eigenvalue weighted by Crippen LogP contribution is 2.34. The molecule has 2 fully saturated rings. The van der Waals surface area contributed by atoms with Crippen molar-refractivity contribution in [3.05, 3.63) is 59.8 Å². The third-order valence-electron chi connectivity index (χ3n) is 10.8. The molecular weight excluding hydrogens is 652 g/mol. The van der Waals surface area contributed by atoms with Gasteiger partial charge < -0.3 is 34.6 Å². The molecular formula is C41H62O10. The predicted octanol–water partition coefficient (Wildman–Crippen LogP) is 5.42. The Hall–Kier alpha value is -2.73. The molecule has 3 aliphatic heterocycles. The molecule has 0 aliphatic carbocycles. The van der Waals surface area contributed by atoms with Gasteiger partial charge in [-0.05, 0) is 74.7 Å². The van der Waals surface area contributed by atoms with E-state index in [0.717, 1.165) is 24.8 Å². The minimum absolute atomic E-state index is 0.0230. The Balaban J connectivity index is 1.85. The number of esters is 1. The van der Waals surface area contributed by atoms with E-state index >= 15 is 0 Å². The number of carbonyl (C=O) groups is 3. The van der Waals surface area contributed by atoms with E-state index in [0.29, 0.717) is 30.4 Å². The van der Waals surface area contributed by atoms with Crippen LogP contribution in [0.25, 0.3) is 0 Å². The molecule has 3 rings (SSSR count). The third kappa shape index (κ3) is 12.4. The summed E-state index contributed by atoms with van der Waals surface area (Å²) in [6, 6.07) is 0. The van der Waals surface area contributed by atoms with Gasteiger partial charge >= 0.3 is 5.97 Å². The molecule has 0 spiro atoms. The van der Waals surface area contributed by atoms with Crippen molar-refractivity contribution in [3.8, 4) is 0 Å². The van der Waals surface area contributed by atoms with Gasteiger partial charge in [0, 0.05) is 31.1 Å². The monoisotopic (exact) mass is 714 g/mol. The maximum absolute atomic E-state index is 13.4. The van der Waals surface area contributed by atoms with Crippen molar-refractivity contribution in [1.29, 1.82) is 0 Å². The minimum Gasteiger partial charge on any atom is -0.455 e. The number of hydrogen-bond acceptors (Lipinski definition) is 10. The van der Waals surface area contributed by atoms with Crippen molar-refractivity contribution in [1.82, 2.24) is 0 Å². The second-order valence-corrected chi connectivity index (χ2v) is 15.2. The van der Waals surface area contributed by atoms with E-state index in [4.69, 9.17) is 14.2 Å². The van der Waals surface area contributed by atoms with E-state index in [-0.39, 0.29) is 48.7 Å². The first-order valence-electron chi connectivity index (χ1n) is 18.7. The van der Waals surface area contributed by atoms with Gasteiger partial charge in [-0.2, -0.15) is 0 Å². The molecule has 12 atom stereocenters. The van der Waals surface area contributed by atoms with Crippen molar-refractivity contribution < 1.29 is 49.0 Å². The van der Waals surface area contributed by atoms with Crippen LogP contribution < -0.4 is 0 Å². The Morgan fingerprint density at radius 3 is 2.39 bits per heavy atom. The summed E-state index contributed by atoms with van der Waals surface area (Å²) in [5.41, 5.74) is 2.34. The van der Waals surface area contributed by atoms with Gasteiger partial charge in [-0.3, -0.25) is 14.4 Å². The highest BCUT2D eigenvalue weighted by Gasteiger charge is 2.41. The minimum atomic E-state index is -1.36. The lowest BCUT2D eigenvalue weighted by Crippen LogP contribution is -2.38. The number of fused-ring (bicyclic) bond motifs is 4. The van der Waals surface area contributed by atoms with E-state index in [2.05, 4.69) is 20.1 Å². The van der Waals surface area contributed by atoms with Crippen molar-refractivity contribution in [2.75, 3.05) is 0 Å². The molecule has 3 aliphatic rings. The number of aliphatic hydroxyl groups excluding tert-OH is 4. The van der Waals surface area contributed by atoms with Crippen molar-refractivity contribution >= 4 is 17.5 Å². The zero-order valence-corrected chi connectivity index (χ0v) is 31.5. The fourth-order valence-corrected chi connectivity index (χ4v) is 7.01. The number of aliphatic hydroxyl groups is 4. The average Bonchev–Trinajstić information content (AvgIpc) is 3.70. The number of unbranched alkanes of at least 4 members (excludes halogenated alkanes) is 1.